The van der Waals surface area contributed by atoms with Crippen molar-refractivity contribution in [2.75, 3.05) is 32.2 Å². The summed E-state index contributed by atoms with van der Waals surface area (Å²) in [6, 6.07) is 9.72. The molecule has 37 heavy (non-hydrogen) atoms. The summed E-state index contributed by atoms with van der Waals surface area (Å²) in [6.07, 6.45) is 1.42. The van der Waals surface area contributed by atoms with Crippen LogP contribution in [0.3, 0.4) is 0 Å². The van der Waals surface area contributed by atoms with Crippen LogP contribution in [0.25, 0.3) is 0 Å². The third-order valence-electron chi connectivity index (χ3n) is 7.38. The number of anilines is 1. The Morgan fingerprint density at radius 3 is 2.68 bits per heavy atom. The Kier molecular flexibility index (Phi) is 6.60. The summed E-state index contributed by atoms with van der Waals surface area (Å²) in [4.78, 5) is 31.8. The summed E-state index contributed by atoms with van der Waals surface area (Å²) in [6.45, 7) is 2.89. The molecule has 3 amide bonds. The summed E-state index contributed by atoms with van der Waals surface area (Å²) in [5.41, 5.74) is 2.32. The number of urea groups is 1. The van der Waals surface area contributed by atoms with Gasteiger partial charge in [0.05, 0.1) is 42.6 Å². The Hall–Kier alpha value is -3.55. The van der Waals surface area contributed by atoms with E-state index in [2.05, 4.69) is 5.32 Å². The first-order valence-electron chi connectivity index (χ1n) is 11.9. The summed E-state index contributed by atoms with van der Waals surface area (Å²) in [7, 11) is 3.21. The monoisotopic (exact) mass is 539 g/mol. The van der Waals surface area contributed by atoms with Gasteiger partial charge in [-0.25, -0.2) is 9.69 Å². The zero-order valence-electron chi connectivity index (χ0n) is 20.7. The second-order valence-electron chi connectivity index (χ2n) is 9.27. The lowest BCUT2D eigenvalue weighted by Gasteiger charge is -2.36. The van der Waals surface area contributed by atoms with Crippen LogP contribution in [0.1, 0.15) is 23.1 Å². The fourth-order valence-electron chi connectivity index (χ4n) is 5.57. The number of halogens is 1. The van der Waals surface area contributed by atoms with Gasteiger partial charge in [0, 0.05) is 13.1 Å². The highest BCUT2D eigenvalue weighted by Crippen LogP contribution is 2.43. The molecule has 3 saturated heterocycles. The lowest BCUT2D eigenvalue weighted by Crippen LogP contribution is -2.57. The van der Waals surface area contributed by atoms with E-state index < -0.39 is 6.04 Å². The number of benzene rings is 2. The Morgan fingerprint density at radius 2 is 1.97 bits per heavy atom. The van der Waals surface area contributed by atoms with E-state index in [1.807, 2.05) is 29.2 Å². The summed E-state index contributed by atoms with van der Waals surface area (Å²) < 4.78 is 10.7. The fourth-order valence-corrected chi connectivity index (χ4v) is 6.08. The maximum absolute atomic E-state index is 13.5. The number of fused-ring (bicyclic) bond motifs is 5. The Bertz CT molecular complexity index is 1340. The zero-order valence-corrected chi connectivity index (χ0v) is 22.2. The van der Waals surface area contributed by atoms with Crippen molar-refractivity contribution >= 4 is 46.6 Å². The van der Waals surface area contributed by atoms with Crippen molar-refractivity contribution < 1.29 is 19.1 Å². The molecule has 0 aromatic heterocycles. The van der Waals surface area contributed by atoms with E-state index in [0.29, 0.717) is 52.9 Å². The number of amides is 3. The molecule has 0 radical (unpaired) electrons. The number of ether oxygens (including phenoxy) is 2. The van der Waals surface area contributed by atoms with E-state index in [-0.39, 0.29) is 29.0 Å². The van der Waals surface area contributed by atoms with E-state index in [9.17, 15) is 14.9 Å². The van der Waals surface area contributed by atoms with Crippen LogP contribution in [0.2, 0.25) is 5.02 Å². The minimum absolute atomic E-state index is 0.101. The van der Waals surface area contributed by atoms with Gasteiger partial charge >= 0.3 is 6.03 Å². The predicted octanol–water partition coefficient (Wildman–Crippen LogP) is 3.25. The van der Waals surface area contributed by atoms with E-state index in [1.165, 1.54) is 11.0 Å². The van der Waals surface area contributed by atoms with Crippen molar-refractivity contribution in [1.82, 2.24) is 15.1 Å². The van der Waals surface area contributed by atoms with Gasteiger partial charge in [0.15, 0.2) is 16.6 Å². The smallest absolute Gasteiger partial charge is 0.332 e. The van der Waals surface area contributed by atoms with Gasteiger partial charge in [0.2, 0.25) is 0 Å². The topological polar surface area (TPSA) is 98.1 Å². The van der Waals surface area contributed by atoms with Gasteiger partial charge in [-0.1, -0.05) is 17.7 Å². The van der Waals surface area contributed by atoms with Crippen LogP contribution in [0.15, 0.2) is 30.3 Å². The number of nitrogens with one attached hydrogen (secondary N) is 1. The molecule has 3 aliphatic rings. The molecule has 2 unspecified atom stereocenters. The Morgan fingerprint density at radius 1 is 1.22 bits per heavy atom. The lowest BCUT2D eigenvalue weighted by atomic mass is 10.1. The number of carbonyl (C=O) groups excluding carboxylic acids is 2. The maximum atomic E-state index is 13.5. The Labute approximate surface area is 225 Å². The molecule has 3 aliphatic heterocycles. The van der Waals surface area contributed by atoms with Crippen LogP contribution < -0.4 is 19.7 Å². The third kappa shape index (κ3) is 4.03. The number of likely N-dealkylation sites (tertiary alicyclic amines) is 1. The van der Waals surface area contributed by atoms with E-state index >= 15 is 0 Å². The highest BCUT2D eigenvalue weighted by molar-refractivity contribution is 7.80. The summed E-state index contributed by atoms with van der Waals surface area (Å²) in [5, 5.41) is 13.4. The van der Waals surface area contributed by atoms with Crippen LogP contribution >= 0.6 is 23.8 Å². The highest BCUT2D eigenvalue weighted by atomic mass is 35.5. The lowest BCUT2D eigenvalue weighted by molar-refractivity contribution is -0.120. The summed E-state index contributed by atoms with van der Waals surface area (Å²) in [5.74, 6) is 1.06. The van der Waals surface area contributed by atoms with Crippen molar-refractivity contribution in [1.29, 1.82) is 5.26 Å². The van der Waals surface area contributed by atoms with Gasteiger partial charge in [0.1, 0.15) is 12.1 Å². The molecule has 9 nitrogen and oxygen atoms in total. The zero-order chi connectivity index (χ0) is 26.4. The van der Waals surface area contributed by atoms with Crippen LogP contribution in [0.5, 0.6) is 11.5 Å². The molecule has 1 N–H and O–H groups in total. The molecule has 0 saturated carbocycles. The van der Waals surface area contributed by atoms with Gasteiger partial charge in [-0.3, -0.25) is 4.79 Å². The van der Waals surface area contributed by atoms with Gasteiger partial charge in [0.25, 0.3) is 5.91 Å². The van der Waals surface area contributed by atoms with Crippen molar-refractivity contribution in [2.45, 2.75) is 37.9 Å². The molecule has 0 aliphatic carbocycles. The van der Waals surface area contributed by atoms with Crippen molar-refractivity contribution in [3.8, 4) is 17.6 Å². The van der Waals surface area contributed by atoms with Gasteiger partial charge < -0.3 is 24.6 Å². The molecule has 3 fully saturated rings. The number of hydrogen-bond acceptors (Lipinski definition) is 6. The minimum Gasteiger partial charge on any atom is -0.493 e. The molecule has 0 spiro atoms. The molecule has 11 heteroatoms. The fraction of sp³-hybridized carbons (Fsp3) is 0.385. The Balaban J connectivity index is 1.27. The molecule has 2 aromatic rings. The third-order valence-corrected chi connectivity index (χ3v) is 8.25. The van der Waals surface area contributed by atoms with Crippen molar-refractivity contribution in [2.24, 2.45) is 0 Å². The molecule has 3 heterocycles. The number of rotatable bonds is 6. The average molecular weight is 540 g/mol. The van der Waals surface area contributed by atoms with E-state index in [4.69, 9.17) is 33.3 Å². The number of hydrogen-bond donors (Lipinski definition) is 1. The van der Waals surface area contributed by atoms with Gasteiger partial charge in [-0.05, 0) is 67.4 Å². The average Bonchev–Trinajstić information content (AvgIpc) is 3.57. The predicted molar refractivity (Wildman–Crippen MR) is 142 cm³/mol. The maximum Gasteiger partial charge on any atom is 0.332 e. The van der Waals surface area contributed by atoms with Crippen molar-refractivity contribution in [3.05, 3.63) is 52.0 Å². The minimum atomic E-state index is -0.606. The number of thiocarbonyl (C=S) groups is 1. The largest absolute Gasteiger partial charge is 0.493 e. The van der Waals surface area contributed by atoms with Crippen LogP contribution in [-0.4, -0.2) is 72.3 Å². The molecule has 2 aromatic carbocycles. The second kappa shape index (κ2) is 9.72. The standard InChI is InChI=1S/C26H26ClN5O4S/c1-14-18(6-5-16(12-28)22(14)27)32-24(33)23-19-11-17(31(23)26(32)34)13-30(19)25(37)29-9-8-15-4-7-20(35-2)21(10-15)36-3/h4-7,10,17,19,23H,8-9,11,13H2,1-3H3,(H,29,37)/t17?,19?,23-/m1/s1. The first-order valence-corrected chi connectivity index (χ1v) is 12.7. The quantitative estimate of drug-likeness (QED) is 0.441. The first-order chi connectivity index (χ1) is 17.8. The SMILES string of the molecule is COc1ccc(CCNC(=S)N2CC3CC2[C@@H]2C(=O)N(c4ccc(C#N)c(Cl)c4C)C(=O)N32)cc1OC. The molecule has 192 valence electrons. The molecule has 3 atom stereocenters. The molecular formula is C26H26ClN5O4S. The number of carbonyl (C=O) groups is 2. The number of imide groups is 1. The van der Waals surface area contributed by atoms with Gasteiger partial charge in [-0.15, -0.1) is 0 Å². The van der Waals surface area contributed by atoms with Crippen LogP contribution in [0, 0.1) is 18.3 Å². The summed E-state index contributed by atoms with van der Waals surface area (Å²) >= 11 is 12.0. The second-order valence-corrected chi connectivity index (χ2v) is 10.0. The molecule has 5 rings (SSSR count). The molecule has 2 bridgehead atoms. The number of nitrogens with zero attached hydrogens (tertiary/aromatic N) is 4. The van der Waals surface area contributed by atoms with Crippen LogP contribution in [0.4, 0.5) is 10.5 Å². The first kappa shape index (κ1) is 25.1. The van der Waals surface area contributed by atoms with Gasteiger partial charge in [-0.2, -0.15) is 5.26 Å². The van der Waals surface area contributed by atoms with Crippen LogP contribution in [-0.2, 0) is 11.2 Å². The molecular weight excluding hydrogens is 514 g/mol. The number of piperazine rings is 1. The highest BCUT2D eigenvalue weighted by Gasteiger charge is 2.62. The van der Waals surface area contributed by atoms with Crippen molar-refractivity contribution in [3.63, 3.8) is 0 Å². The number of methoxy groups -OCH3 is 2. The normalized spacial score (nSPS) is 21.8. The van der Waals surface area contributed by atoms with E-state index in [0.717, 1.165) is 12.0 Å². The number of nitriles is 1. The van der Waals surface area contributed by atoms with E-state index in [1.54, 1.807) is 32.1 Å².